The highest BCUT2D eigenvalue weighted by molar-refractivity contribution is 8.00. The van der Waals surface area contributed by atoms with Crippen molar-refractivity contribution in [1.29, 1.82) is 0 Å². The van der Waals surface area contributed by atoms with Gasteiger partial charge >= 0.3 is 0 Å². The van der Waals surface area contributed by atoms with Crippen LogP contribution in [0.2, 0.25) is 0 Å². The van der Waals surface area contributed by atoms with Gasteiger partial charge in [0.2, 0.25) is 0 Å². The molecule has 0 fully saturated rings. The molecule has 0 unspecified atom stereocenters. The van der Waals surface area contributed by atoms with Gasteiger partial charge in [0.05, 0.1) is 11.3 Å². The lowest BCUT2D eigenvalue weighted by Crippen LogP contribution is -2.21. The van der Waals surface area contributed by atoms with E-state index in [0.29, 0.717) is 10.7 Å². The normalized spacial score (nSPS) is 13.4. The van der Waals surface area contributed by atoms with Crippen LogP contribution < -0.4 is 0 Å². The molecule has 0 spiro atoms. The van der Waals surface area contributed by atoms with E-state index in [9.17, 15) is 9.18 Å². The number of thioether (sulfide) groups is 1. The van der Waals surface area contributed by atoms with E-state index in [0.717, 1.165) is 17.9 Å². The van der Waals surface area contributed by atoms with Crippen LogP contribution in [0.3, 0.4) is 0 Å². The lowest BCUT2D eigenvalue weighted by molar-refractivity contribution is 0.0994. The molecule has 5 nitrogen and oxygen atoms in total. The molecular formula is C23H27FN4OS. The van der Waals surface area contributed by atoms with E-state index >= 15 is 0 Å². The van der Waals surface area contributed by atoms with Gasteiger partial charge in [0.1, 0.15) is 5.82 Å². The van der Waals surface area contributed by atoms with Crippen LogP contribution in [0, 0.1) is 5.82 Å². The fourth-order valence-corrected chi connectivity index (χ4v) is 3.99. The Kier molecular flexibility index (Phi) is 7.05. The maximum atomic E-state index is 13.5. The van der Waals surface area contributed by atoms with Crippen LogP contribution in [0.25, 0.3) is 5.69 Å². The number of hydrogen-bond donors (Lipinski definition) is 0. The third-order valence-electron chi connectivity index (χ3n) is 5.19. The summed E-state index contributed by atoms with van der Waals surface area (Å²) in [7, 11) is 3.93. The second-order valence-corrected chi connectivity index (χ2v) is 8.77. The highest BCUT2D eigenvalue weighted by Crippen LogP contribution is 2.30. The van der Waals surface area contributed by atoms with Gasteiger partial charge in [-0.2, -0.15) is 0 Å². The van der Waals surface area contributed by atoms with Crippen LogP contribution >= 0.6 is 11.8 Å². The van der Waals surface area contributed by atoms with Crippen LogP contribution in [-0.4, -0.2) is 44.8 Å². The molecule has 0 saturated heterocycles. The summed E-state index contributed by atoms with van der Waals surface area (Å²) in [6, 6.07) is 13.9. The largest absolute Gasteiger partial charge is 0.300 e. The molecule has 0 amide bonds. The topological polar surface area (TPSA) is 51.0 Å². The summed E-state index contributed by atoms with van der Waals surface area (Å²) in [4.78, 5) is 15.0. The lowest BCUT2D eigenvalue weighted by Gasteiger charge is -2.21. The molecule has 0 aliphatic carbocycles. The zero-order valence-corrected chi connectivity index (χ0v) is 18.8. The van der Waals surface area contributed by atoms with Crippen molar-refractivity contribution < 1.29 is 9.18 Å². The average Bonchev–Trinajstić information content (AvgIpc) is 3.16. The van der Waals surface area contributed by atoms with E-state index in [1.807, 2.05) is 61.7 Å². The first-order valence-corrected chi connectivity index (χ1v) is 10.9. The van der Waals surface area contributed by atoms with Gasteiger partial charge in [0.15, 0.2) is 16.8 Å². The first-order chi connectivity index (χ1) is 14.3. The number of carbonyl (C=O) groups is 1. The molecule has 1 heterocycles. The monoisotopic (exact) mass is 426 g/mol. The molecule has 0 bridgehead atoms. The predicted octanol–water partition coefficient (Wildman–Crippen LogP) is 4.95. The highest BCUT2D eigenvalue weighted by atomic mass is 32.2. The second-order valence-electron chi connectivity index (χ2n) is 7.47. The number of Topliss-reactive ketones (excluding diaryl/α,β-unsaturated/α-hetero) is 1. The van der Waals surface area contributed by atoms with E-state index in [4.69, 9.17) is 0 Å². The van der Waals surface area contributed by atoms with Crippen LogP contribution in [0.1, 0.15) is 48.6 Å². The number of benzene rings is 2. The maximum Gasteiger partial charge on any atom is 0.196 e. The molecule has 0 aliphatic heterocycles. The van der Waals surface area contributed by atoms with Crippen molar-refractivity contribution in [1.82, 2.24) is 19.7 Å². The number of ketones is 1. The Morgan fingerprint density at radius 3 is 2.27 bits per heavy atom. The third kappa shape index (κ3) is 4.79. The van der Waals surface area contributed by atoms with E-state index in [1.165, 1.54) is 29.5 Å². The fourth-order valence-electron chi connectivity index (χ4n) is 3.04. The van der Waals surface area contributed by atoms with Crippen LogP contribution in [0.4, 0.5) is 4.39 Å². The fraction of sp³-hybridized carbons (Fsp3) is 0.348. The van der Waals surface area contributed by atoms with Gasteiger partial charge in [-0.3, -0.25) is 14.3 Å². The summed E-state index contributed by atoms with van der Waals surface area (Å²) >= 11 is 1.36. The van der Waals surface area contributed by atoms with Gasteiger partial charge in [0.25, 0.3) is 0 Å². The smallest absolute Gasteiger partial charge is 0.196 e. The first-order valence-electron chi connectivity index (χ1n) is 9.99. The van der Waals surface area contributed by atoms with Crippen LogP contribution in [0.15, 0.2) is 53.7 Å². The Balaban J connectivity index is 1.92. The molecule has 30 heavy (non-hydrogen) atoms. The molecule has 3 aromatic rings. The molecule has 0 N–H and O–H groups in total. The first kappa shape index (κ1) is 22.2. The summed E-state index contributed by atoms with van der Waals surface area (Å²) < 4.78 is 15.4. The van der Waals surface area contributed by atoms with Crippen molar-refractivity contribution in [3.63, 3.8) is 0 Å². The Morgan fingerprint density at radius 1 is 1.07 bits per heavy atom. The minimum absolute atomic E-state index is 0.00972. The molecular weight excluding hydrogens is 399 g/mol. The van der Waals surface area contributed by atoms with Crippen molar-refractivity contribution in [2.75, 3.05) is 14.1 Å². The number of aromatic nitrogens is 3. The number of halogens is 1. The summed E-state index contributed by atoms with van der Waals surface area (Å²) in [6.07, 6.45) is 0.937. The van der Waals surface area contributed by atoms with Crippen molar-refractivity contribution in [3.05, 3.63) is 71.3 Å². The standard InChI is InChI=1S/C23H27FN4OS/c1-6-17-7-9-18(10-8-17)21(29)16(3)30-23-26-25-22(15(2)27(4)5)28(23)20-13-11-19(24)12-14-20/h7-16H,6H2,1-5H3/t15-,16-/m1/s1. The second kappa shape index (κ2) is 9.53. The SMILES string of the molecule is CCc1ccc(C(=O)[C@@H](C)Sc2nnc([C@@H](C)N(C)C)n2-c2ccc(F)cc2)cc1. The molecule has 0 aliphatic rings. The quantitative estimate of drug-likeness (QED) is 0.377. The Bertz CT molecular complexity index is 999. The summed E-state index contributed by atoms with van der Waals surface area (Å²) in [5.74, 6) is 0.474. The molecule has 158 valence electrons. The van der Waals surface area contributed by atoms with Crippen molar-refractivity contribution in [2.45, 2.75) is 43.6 Å². The molecule has 0 saturated carbocycles. The maximum absolute atomic E-state index is 13.5. The summed E-state index contributed by atoms with van der Waals surface area (Å²) in [5, 5.41) is 9.02. The molecule has 2 atom stereocenters. The van der Waals surface area contributed by atoms with Gasteiger partial charge in [0, 0.05) is 11.3 Å². The number of aryl methyl sites for hydroxylation is 1. The molecule has 0 radical (unpaired) electrons. The predicted molar refractivity (Wildman–Crippen MR) is 119 cm³/mol. The summed E-state index contributed by atoms with van der Waals surface area (Å²) in [5.41, 5.74) is 2.65. The number of hydrogen-bond acceptors (Lipinski definition) is 5. The zero-order valence-electron chi connectivity index (χ0n) is 18.0. The third-order valence-corrected chi connectivity index (χ3v) is 6.23. The van der Waals surface area contributed by atoms with Gasteiger partial charge in [-0.05, 0) is 64.2 Å². The van der Waals surface area contributed by atoms with Crippen molar-refractivity contribution in [2.24, 2.45) is 0 Å². The molecule has 2 aromatic carbocycles. The average molecular weight is 427 g/mol. The minimum atomic E-state index is -0.344. The van der Waals surface area contributed by atoms with E-state index in [-0.39, 0.29) is 22.9 Å². The molecule has 7 heteroatoms. The molecule has 3 rings (SSSR count). The molecule has 1 aromatic heterocycles. The van der Waals surface area contributed by atoms with Crippen LogP contribution in [-0.2, 0) is 6.42 Å². The zero-order chi connectivity index (χ0) is 21.8. The number of rotatable bonds is 8. The highest BCUT2D eigenvalue weighted by Gasteiger charge is 2.25. The van der Waals surface area contributed by atoms with Crippen molar-refractivity contribution >= 4 is 17.5 Å². The van der Waals surface area contributed by atoms with E-state index in [1.54, 1.807) is 12.1 Å². The number of carbonyl (C=O) groups excluding carboxylic acids is 1. The van der Waals surface area contributed by atoms with E-state index in [2.05, 4.69) is 17.1 Å². The number of nitrogens with zero attached hydrogens (tertiary/aromatic N) is 4. The Morgan fingerprint density at radius 2 is 1.70 bits per heavy atom. The van der Waals surface area contributed by atoms with Gasteiger partial charge in [-0.25, -0.2) is 4.39 Å². The Labute approximate surface area is 181 Å². The lowest BCUT2D eigenvalue weighted by atomic mass is 10.1. The van der Waals surface area contributed by atoms with Gasteiger partial charge < -0.3 is 0 Å². The minimum Gasteiger partial charge on any atom is -0.300 e. The van der Waals surface area contributed by atoms with Crippen LogP contribution in [0.5, 0.6) is 0 Å². The Hall–Kier alpha value is -2.51. The summed E-state index contributed by atoms with van der Waals surface area (Å²) in [6.45, 7) is 5.99. The van der Waals surface area contributed by atoms with E-state index < -0.39 is 0 Å². The van der Waals surface area contributed by atoms with Gasteiger partial charge in [-0.15, -0.1) is 10.2 Å². The van der Waals surface area contributed by atoms with Crippen molar-refractivity contribution in [3.8, 4) is 5.69 Å². The van der Waals surface area contributed by atoms with Gasteiger partial charge in [-0.1, -0.05) is 43.0 Å².